The van der Waals surface area contributed by atoms with Gasteiger partial charge in [0.25, 0.3) is 0 Å². The van der Waals surface area contributed by atoms with Crippen LogP contribution in [0.15, 0.2) is 0 Å². The molecular formula is C10H13F7OS. The van der Waals surface area contributed by atoms with Crippen molar-refractivity contribution in [2.75, 3.05) is 5.75 Å². The fourth-order valence-corrected chi connectivity index (χ4v) is 1.86. The van der Waals surface area contributed by atoms with E-state index >= 15 is 0 Å². The van der Waals surface area contributed by atoms with E-state index in [-0.39, 0.29) is 17.3 Å². The van der Waals surface area contributed by atoms with Crippen LogP contribution in [0.2, 0.25) is 0 Å². The van der Waals surface area contributed by atoms with Gasteiger partial charge in [-0.15, -0.1) is 0 Å². The Hall–Kier alpha value is -0.470. The fourth-order valence-electron chi connectivity index (χ4n) is 1.09. The highest BCUT2D eigenvalue weighted by molar-refractivity contribution is 8.13. The molecule has 4 atom stereocenters. The van der Waals surface area contributed by atoms with Crippen molar-refractivity contribution in [3.8, 4) is 0 Å². The van der Waals surface area contributed by atoms with Crippen LogP contribution in [-0.2, 0) is 4.79 Å². The summed E-state index contributed by atoms with van der Waals surface area (Å²) in [6, 6.07) is 0. The highest BCUT2D eigenvalue weighted by atomic mass is 32.2. The van der Waals surface area contributed by atoms with Gasteiger partial charge in [-0.25, -0.2) is 17.6 Å². The number of carbonyl (C=O) groups excluding carboxylic acids is 1. The fraction of sp³-hybridized carbons (Fsp3) is 0.900. The van der Waals surface area contributed by atoms with E-state index in [0.717, 1.165) is 0 Å². The van der Waals surface area contributed by atoms with E-state index in [0.29, 0.717) is 11.8 Å². The quantitative estimate of drug-likeness (QED) is 0.662. The van der Waals surface area contributed by atoms with Crippen LogP contribution in [0.25, 0.3) is 0 Å². The summed E-state index contributed by atoms with van der Waals surface area (Å²) >= 11 is 0.664. The summed E-state index contributed by atoms with van der Waals surface area (Å²) in [5, 5.41) is -0.307. The molecule has 0 amide bonds. The molecule has 0 rings (SSSR count). The number of halogens is 7. The summed E-state index contributed by atoms with van der Waals surface area (Å²) < 4.78 is 86.6. The maximum atomic E-state index is 13.1. The van der Waals surface area contributed by atoms with E-state index in [9.17, 15) is 35.5 Å². The van der Waals surface area contributed by atoms with Crippen LogP contribution in [0, 0.1) is 0 Å². The van der Waals surface area contributed by atoms with Crippen molar-refractivity contribution in [3.63, 3.8) is 0 Å². The summed E-state index contributed by atoms with van der Waals surface area (Å²) in [6.45, 7) is 1.54. The summed E-state index contributed by atoms with van der Waals surface area (Å²) in [6.07, 6.45) is -19.6. The molecule has 0 aliphatic rings. The summed E-state index contributed by atoms with van der Waals surface area (Å²) in [5.41, 5.74) is 0. The first-order chi connectivity index (χ1) is 8.61. The van der Waals surface area contributed by atoms with Crippen LogP contribution >= 0.6 is 11.8 Å². The zero-order chi connectivity index (χ0) is 15.2. The van der Waals surface area contributed by atoms with E-state index < -0.39 is 37.3 Å². The van der Waals surface area contributed by atoms with Crippen molar-refractivity contribution in [2.24, 2.45) is 0 Å². The molecule has 0 aromatic heterocycles. The van der Waals surface area contributed by atoms with Gasteiger partial charge in [-0.2, -0.15) is 13.2 Å². The summed E-state index contributed by atoms with van der Waals surface area (Å²) in [7, 11) is 0. The van der Waals surface area contributed by atoms with E-state index in [1.807, 2.05) is 0 Å². The Morgan fingerprint density at radius 1 is 1.11 bits per heavy atom. The van der Waals surface area contributed by atoms with Gasteiger partial charge in [0.2, 0.25) is 6.17 Å². The molecule has 0 saturated heterocycles. The molecular weight excluding hydrogens is 301 g/mol. The number of hydrogen-bond acceptors (Lipinski definition) is 2. The van der Waals surface area contributed by atoms with Crippen LogP contribution in [0.3, 0.4) is 0 Å². The molecule has 19 heavy (non-hydrogen) atoms. The lowest BCUT2D eigenvalue weighted by Crippen LogP contribution is -2.42. The van der Waals surface area contributed by atoms with Crippen molar-refractivity contribution in [1.29, 1.82) is 0 Å². The minimum atomic E-state index is -5.57. The highest BCUT2D eigenvalue weighted by Crippen LogP contribution is 2.31. The zero-order valence-electron chi connectivity index (χ0n) is 9.89. The van der Waals surface area contributed by atoms with Crippen molar-refractivity contribution in [1.82, 2.24) is 0 Å². The third kappa shape index (κ3) is 6.49. The number of alkyl halides is 7. The lowest BCUT2D eigenvalue weighted by atomic mass is 10.1. The second kappa shape index (κ2) is 7.96. The van der Waals surface area contributed by atoms with Gasteiger partial charge in [-0.05, 0) is 6.42 Å². The van der Waals surface area contributed by atoms with E-state index in [4.69, 9.17) is 0 Å². The molecule has 0 saturated carbocycles. The molecule has 1 nitrogen and oxygen atoms in total. The van der Waals surface area contributed by atoms with Gasteiger partial charge in [0, 0.05) is 12.2 Å². The number of hydrogen-bond donors (Lipinski definition) is 0. The molecule has 0 bridgehead atoms. The van der Waals surface area contributed by atoms with E-state index in [1.54, 1.807) is 0 Å². The topological polar surface area (TPSA) is 17.1 Å². The third-order valence-electron chi connectivity index (χ3n) is 2.19. The van der Waals surface area contributed by atoms with E-state index in [1.165, 1.54) is 6.92 Å². The summed E-state index contributed by atoms with van der Waals surface area (Å²) in [4.78, 5) is 10.8. The first kappa shape index (κ1) is 18.5. The van der Waals surface area contributed by atoms with E-state index in [2.05, 4.69) is 0 Å². The Balaban J connectivity index is 4.25. The third-order valence-corrected chi connectivity index (χ3v) is 3.24. The Morgan fingerprint density at radius 2 is 1.63 bits per heavy atom. The first-order valence-corrected chi connectivity index (χ1v) is 6.38. The van der Waals surface area contributed by atoms with Gasteiger partial charge >= 0.3 is 6.18 Å². The molecule has 0 aromatic rings. The molecule has 0 N–H and O–H groups in total. The minimum Gasteiger partial charge on any atom is -0.287 e. The molecule has 114 valence electrons. The number of rotatable bonds is 7. The van der Waals surface area contributed by atoms with Gasteiger partial charge in [0.05, 0.1) is 0 Å². The highest BCUT2D eigenvalue weighted by Gasteiger charge is 2.50. The molecule has 0 spiro atoms. The van der Waals surface area contributed by atoms with Gasteiger partial charge in [-0.1, -0.05) is 18.7 Å². The van der Waals surface area contributed by atoms with Crippen LogP contribution in [-0.4, -0.2) is 41.7 Å². The Bertz CT molecular complexity index is 284. The normalized spacial score (nSPS) is 18.7. The smallest absolute Gasteiger partial charge is 0.287 e. The standard InChI is InChI=1S/C10H13F7OS/c1-2-6(18)19-4-3-5(11)7(12)8(13)9(14)10(15,16)17/h5,7-9H,2-4H2,1H3. The number of carbonyl (C=O) groups is 1. The minimum absolute atomic E-state index is 0.160. The molecule has 0 aromatic carbocycles. The average molecular weight is 314 g/mol. The van der Waals surface area contributed by atoms with Gasteiger partial charge < -0.3 is 0 Å². The summed E-state index contributed by atoms with van der Waals surface area (Å²) in [5.74, 6) is -0.204. The zero-order valence-corrected chi connectivity index (χ0v) is 10.7. The largest absolute Gasteiger partial charge is 0.422 e. The molecule has 0 aliphatic carbocycles. The molecule has 0 aliphatic heterocycles. The van der Waals surface area contributed by atoms with Gasteiger partial charge in [0.1, 0.15) is 6.17 Å². The predicted molar refractivity (Wildman–Crippen MR) is 58.0 cm³/mol. The molecule has 4 unspecified atom stereocenters. The molecule has 0 radical (unpaired) electrons. The van der Waals surface area contributed by atoms with Crippen LogP contribution in [0.1, 0.15) is 19.8 Å². The molecule has 9 heteroatoms. The van der Waals surface area contributed by atoms with Gasteiger partial charge in [0.15, 0.2) is 17.5 Å². The predicted octanol–water partition coefficient (Wildman–Crippen LogP) is 3.96. The average Bonchev–Trinajstić information content (AvgIpc) is 2.34. The van der Waals surface area contributed by atoms with Crippen molar-refractivity contribution < 1.29 is 35.5 Å². The number of thioether (sulfide) groups is 1. The first-order valence-electron chi connectivity index (χ1n) is 5.39. The molecule has 0 fully saturated rings. The van der Waals surface area contributed by atoms with Crippen molar-refractivity contribution in [3.05, 3.63) is 0 Å². The Labute approximate surface area is 109 Å². The van der Waals surface area contributed by atoms with Crippen LogP contribution in [0.4, 0.5) is 30.7 Å². The monoisotopic (exact) mass is 314 g/mol. The van der Waals surface area contributed by atoms with Crippen molar-refractivity contribution in [2.45, 2.75) is 50.6 Å². The Morgan fingerprint density at radius 3 is 2.05 bits per heavy atom. The SMILES string of the molecule is CCC(=O)SCCC(F)C(F)C(F)C(F)C(F)(F)F. The van der Waals surface area contributed by atoms with Crippen molar-refractivity contribution >= 4 is 16.9 Å². The second-order valence-corrected chi connectivity index (χ2v) is 4.86. The Kier molecular flexibility index (Phi) is 7.76. The maximum Gasteiger partial charge on any atom is 0.422 e. The van der Waals surface area contributed by atoms with Crippen LogP contribution < -0.4 is 0 Å². The van der Waals surface area contributed by atoms with Gasteiger partial charge in [-0.3, -0.25) is 4.79 Å². The lowest BCUT2D eigenvalue weighted by molar-refractivity contribution is -0.204. The molecule has 0 heterocycles. The van der Waals surface area contributed by atoms with Crippen LogP contribution in [0.5, 0.6) is 0 Å². The maximum absolute atomic E-state index is 13.1. The lowest BCUT2D eigenvalue weighted by Gasteiger charge is -2.21. The second-order valence-electron chi connectivity index (χ2n) is 3.71.